The largest absolute Gasteiger partial charge is 0.383 e. The van der Waals surface area contributed by atoms with Crippen molar-refractivity contribution in [1.82, 2.24) is 9.88 Å². The Morgan fingerprint density at radius 2 is 2.00 bits per heavy atom. The van der Waals surface area contributed by atoms with Gasteiger partial charge in [0.2, 0.25) is 0 Å². The molecule has 0 spiro atoms. The Labute approximate surface area is 142 Å². The molecule has 5 nitrogen and oxygen atoms in total. The summed E-state index contributed by atoms with van der Waals surface area (Å²) in [7, 11) is 1.68. The Bertz CT molecular complexity index is 700. The average Bonchev–Trinajstić information content (AvgIpc) is 2.90. The monoisotopic (exact) mass is 330 g/mol. The van der Waals surface area contributed by atoms with E-state index in [1.54, 1.807) is 7.11 Å². The second-order valence-electron chi connectivity index (χ2n) is 6.63. The van der Waals surface area contributed by atoms with Crippen LogP contribution in [0, 0.1) is 0 Å². The minimum atomic E-state index is -0.0198. The third-order valence-electron chi connectivity index (χ3n) is 4.59. The van der Waals surface area contributed by atoms with Crippen molar-refractivity contribution in [2.75, 3.05) is 13.7 Å². The molecule has 1 fully saturated rings. The van der Waals surface area contributed by atoms with E-state index in [0.717, 1.165) is 23.7 Å². The predicted octanol–water partition coefficient (Wildman–Crippen LogP) is 2.97. The lowest BCUT2D eigenvalue weighted by Crippen LogP contribution is -2.44. The molecule has 1 saturated heterocycles. The van der Waals surface area contributed by atoms with Crippen LogP contribution in [0.15, 0.2) is 30.3 Å². The Morgan fingerprint density at radius 3 is 2.71 bits per heavy atom. The van der Waals surface area contributed by atoms with E-state index < -0.39 is 0 Å². The van der Waals surface area contributed by atoms with Crippen LogP contribution in [0.2, 0.25) is 0 Å². The van der Waals surface area contributed by atoms with Crippen molar-refractivity contribution in [2.24, 2.45) is 0 Å². The molecule has 24 heavy (non-hydrogen) atoms. The van der Waals surface area contributed by atoms with Gasteiger partial charge in [0, 0.05) is 30.6 Å². The third kappa shape index (κ3) is 3.62. The smallest absolute Gasteiger partial charge is 0.268 e. The number of fused-ring (bicyclic) bond motifs is 1. The van der Waals surface area contributed by atoms with Crippen LogP contribution >= 0.6 is 0 Å². The number of carbonyl (C=O) groups is 1. The van der Waals surface area contributed by atoms with Crippen LogP contribution in [0.3, 0.4) is 0 Å². The molecule has 1 amide bonds. The predicted molar refractivity (Wildman–Crippen MR) is 94.3 cm³/mol. The number of nitrogens with one attached hydrogen (secondary N) is 1. The molecule has 1 N–H and O–H groups in total. The summed E-state index contributed by atoms with van der Waals surface area (Å²) in [6, 6.07) is 10.2. The molecule has 0 radical (unpaired) electrons. The number of para-hydroxylation sites is 1. The average molecular weight is 330 g/mol. The Morgan fingerprint density at radius 1 is 1.29 bits per heavy atom. The van der Waals surface area contributed by atoms with E-state index in [0.29, 0.717) is 18.8 Å². The zero-order valence-electron chi connectivity index (χ0n) is 14.6. The van der Waals surface area contributed by atoms with Crippen molar-refractivity contribution in [2.45, 2.75) is 51.5 Å². The molecule has 130 valence electrons. The number of methoxy groups -OCH3 is 1. The van der Waals surface area contributed by atoms with Crippen LogP contribution in [0.1, 0.15) is 37.2 Å². The number of carbonyl (C=O) groups excluding carboxylic acids is 1. The van der Waals surface area contributed by atoms with Gasteiger partial charge in [0.1, 0.15) is 5.69 Å². The summed E-state index contributed by atoms with van der Waals surface area (Å²) in [5, 5.41) is 4.27. The lowest BCUT2D eigenvalue weighted by molar-refractivity contribution is -0.0408. The van der Waals surface area contributed by atoms with Gasteiger partial charge in [-0.1, -0.05) is 18.2 Å². The first-order valence-corrected chi connectivity index (χ1v) is 8.62. The summed E-state index contributed by atoms with van der Waals surface area (Å²) >= 11 is 0. The fourth-order valence-corrected chi connectivity index (χ4v) is 3.60. The third-order valence-corrected chi connectivity index (χ3v) is 4.59. The van der Waals surface area contributed by atoms with Gasteiger partial charge in [-0.15, -0.1) is 0 Å². The normalized spacial score (nSPS) is 24.2. The van der Waals surface area contributed by atoms with Gasteiger partial charge < -0.3 is 19.4 Å². The van der Waals surface area contributed by atoms with Gasteiger partial charge in [-0.25, -0.2) is 0 Å². The van der Waals surface area contributed by atoms with Crippen LogP contribution in [0.4, 0.5) is 0 Å². The zero-order chi connectivity index (χ0) is 17.1. The van der Waals surface area contributed by atoms with Gasteiger partial charge in [0.05, 0.1) is 18.8 Å². The number of amides is 1. The summed E-state index contributed by atoms with van der Waals surface area (Å²) in [4.78, 5) is 12.9. The number of benzene rings is 1. The summed E-state index contributed by atoms with van der Waals surface area (Å²) < 4.78 is 13.0. The molecule has 2 aromatic rings. The molecule has 1 aromatic carbocycles. The number of nitrogens with zero attached hydrogens (tertiary/aromatic N) is 1. The van der Waals surface area contributed by atoms with Gasteiger partial charge in [-0.2, -0.15) is 0 Å². The van der Waals surface area contributed by atoms with E-state index in [2.05, 4.69) is 19.2 Å². The molecule has 2 atom stereocenters. The highest BCUT2D eigenvalue weighted by molar-refractivity contribution is 5.98. The van der Waals surface area contributed by atoms with Gasteiger partial charge in [0.25, 0.3) is 5.91 Å². The molecule has 5 heteroatoms. The first kappa shape index (κ1) is 17.0. The lowest BCUT2D eigenvalue weighted by Gasteiger charge is -2.32. The first-order valence-electron chi connectivity index (χ1n) is 8.62. The maximum absolute atomic E-state index is 12.9. The highest BCUT2D eigenvalue weighted by Gasteiger charge is 2.27. The molecular weight excluding hydrogens is 304 g/mol. The minimum Gasteiger partial charge on any atom is -0.383 e. The fourth-order valence-electron chi connectivity index (χ4n) is 3.60. The van der Waals surface area contributed by atoms with Crippen LogP contribution in [0.5, 0.6) is 0 Å². The van der Waals surface area contributed by atoms with E-state index in [9.17, 15) is 4.79 Å². The van der Waals surface area contributed by atoms with Crippen molar-refractivity contribution < 1.29 is 14.3 Å². The molecule has 1 aromatic heterocycles. The summed E-state index contributed by atoms with van der Waals surface area (Å²) in [6.07, 6.45) is 2.07. The van der Waals surface area contributed by atoms with Crippen molar-refractivity contribution in [3.05, 3.63) is 36.0 Å². The Balaban J connectivity index is 1.83. The van der Waals surface area contributed by atoms with E-state index in [1.165, 1.54) is 0 Å². The molecule has 0 unspecified atom stereocenters. The number of hydrogen-bond acceptors (Lipinski definition) is 3. The van der Waals surface area contributed by atoms with Gasteiger partial charge in [-0.3, -0.25) is 4.79 Å². The van der Waals surface area contributed by atoms with Gasteiger partial charge >= 0.3 is 0 Å². The standard InChI is InChI=1S/C19H26N2O3/c1-13-10-16(11-14(2)24-13)20-19(22)18-12-15-6-4-5-7-17(15)21(18)8-9-23-3/h4-7,12-14,16H,8-11H2,1-3H3,(H,20,22)/t13-,14-/m0/s1. The molecule has 0 aliphatic carbocycles. The van der Waals surface area contributed by atoms with Gasteiger partial charge in [-0.05, 0) is 38.8 Å². The summed E-state index contributed by atoms with van der Waals surface area (Å²) in [6.45, 7) is 5.35. The second-order valence-corrected chi connectivity index (χ2v) is 6.63. The summed E-state index contributed by atoms with van der Waals surface area (Å²) in [5.41, 5.74) is 1.76. The maximum Gasteiger partial charge on any atom is 0.268 e. The van der Waals surface area contributed by atoms with Crippen molar-refractivity contribution in [3.63, 3.8) is 0 Å². The Kier molecular flexibility index (Phi) is 5.21. The van der Waals surface area contributed by atoms with E-state index in [-0.39, 0.29) is 24.2 Å². The number of aromatic nitrogens is 1. The van der Waals surface area contributed by atoms with Crippen LogP contribution in [0.25, 0.3) is 10.9 Å². The molecule has 0 bridgehead atoms. The van der Waals surface area contributed by atoms with Gasteiger partial charge in [0.15, 0.2) is 0 Å². The van der Waals surface area contributed by atoms with Crippen molar-refractivity contribution in [3.8, 4) is 0 Å². The number of rotatable bonds is 5. The van der Waals surface area contributed by atoms with E-state index in [1.807, 2.05) is 34.9 Å². The number of ether oxygens (including phenoxy) is 2. The van der Waals surface area contributed by atoms with Crippen molar-refractivity contribution >= 4 is 16.8 Å². The van der Waals surface area contributed by atoms with Crippen LogP contribution in [-0.4, -0.2) is 42.4 Å². The van der Waals surface area contributed by atoms with E-state index in [4.69, 9.17) is 9.47 Å². The highest BCUT2D eigenvalue weighted by atomic mass is 16.5. The molecule has 1 aliphatic rings. The minimum absolute atomic E-state index is 0.0198. The second kappa shape index (κ2) is 7.36. The lowest BCUT2D eigenvalue weighted by atomic mass is 10.00. The SMILES string of the molecule is COCCn1c(C(=O)NC2C[C@H](C)O[C@@H](C)C2)cc2ccccc21. The van der Waals surface area contributed by atoms with Crippen molar-refractivity contribution in [1.29, 1.82) is 0 Å². The molecule has 1 aliphatic heterocycles. The highest BCUT2D eigenvalue weighted by Crippen LogP contribution is 2.22. The van der Waals surface area contributed by atoms with Crippen LogP contribution < -0.4 is 5.32 Å². The first-order chi connectivity index (χ1) is 11.6. The quantitative estimate of drug-likeness (QED) is 0.917. The summed E-state index contributed by atoms with van der Waals surface area (Å²) in [5.74, 6) is -0.0198. The van der Waals surface area contributed by atoms with Crippen LogP contribution in [-0.2, 0) is 16.0 Å². The molecule has 0 saturated carbocycles. The topological polar surface area (TPSA) is 52.5 Å². The fraction of sp³-hybridized carbons (Fsp3) is 0.526. The molecular formula is C19H26N2O3. The van der Waals surface area contributed by atoms with E-state index >= 15 is 0 Å². The molecule has 2 heterocycles. The zero-order valence-corrected chi connectivity index (χ0v) is 14.6. The Hall–Kier alpha value is -1.85. The number of hydrogen-bond donors (Lipinski definition) is 1. The molecule has 3 rings (SSSR count). The maximum atomic E-state index is 12.9.